The van der Waals surface area contributed by atoms with Crippen LogP contribution in [0.4, 0.5) is 17.1 Å². The third-order valence-corrected chi connectivity index (χ3v) is 3.27. The van der Waals surface area contributed by atoms with Gasteiger partial charge in [0, 0.05) is 36.0 Å². The van der Waals surface area contributed by atoms with Crippen LogP contribution in [0, 0.1) is 10.1 Å². The minimum absolute atomic E-state index is 0.00690. The predicted molar refractivity (Wildman–Crippen MR) is 96.1 cm³/mol. The molecule has 0 unspecified atom stereocenters. The summed E-state index contributed by atoms with van der Waals surface area (Å²) in [7, 11) is 0. The molecule has 0 aliphatic heterocycles. The Bertz CT molecular complexity index is 813. The topological polar surface area (TPSA) is 101 Å². The van der Waals surface area contributed by atoms with Crippen molar-refractivity contribution in [1.82, 2.24) is 0 Å². The first kappa shape index (κ1) is 17.9. The Labute approximate surface area is 144 Å². The molecule has 7 nitrogen and oxygen atoms in total. The minimum atomic E-state index is -0.482. The molecule has 2 aromatic rings. The lowest BCUT2D eigenvalue weighted by Gasteiger charge is -2.07. The fourth-order valence-corrected chi connectivity index (χ4v) is 1.99. The third kappa shape index (κ3) is 5.58. The van der Waals surface area contributed by atoms with Gasteiger partial charge in [0.15, 0.2) is 0 Å². The number of nitro benzene ring substituents is 1. The average Bonchev–Trinajstić information content (AvgIpc) is 2.60. The fourth-order valence-electron chi connectivity index (χ4n) is 1.99. The van der Waals surface area contributed by atoms with E-state index in [1.165, 1.54) is 18.2 Å². The van der Waals surface area contributed by atoms with Crippen LogP contribution < -0.4 is 10.6 Å². The number of carbonyl (C=O) groups excluding carboxylic acids is 2. The van der Waals surface area contributed by atoms with Gasteiger partial charge in [-0.2, -0.15) is 0 Å². The maximum Gasteiger partial charge on any atom is 0.269 e. The molecule has 25 heavy (non-hydrogen) atoms. The standard InChI is InChI=1S/C18H17N3O4/c1-2-17(22)19-14-4-3-5-15(12-14)20-18(23)11-8-13-6-9-16(10-7-13)21(24)25/h3-12H,2H2,1H3,(H,19,22)(H,20,23)/b11-8+. The molecule has 0 spiro atoms. The van der Waals surface area contributed by atoms with Crippen molar-refractivity contribution in [3.05, 3.63) is 70.3 Å². The highest BCUT2D eigenvalue weighted by molar-refractivity contribution is 6.02. The van der Waals surface area contributed by atoms with Gasteiger partial charge in [0.05, 0.1) is 4.92 Å². The zero-order chi connectivity index (χ0) is 18.2. The van der Waals surface area contributed by atoms with E-state index in [9.17, 15) is 19.7 Å². The molecule has 0 saturated carbocycles. The first-order valence-electron chi connectivity index (χ1n) is 7.61. The Balaban J connectivity index is 1.98. The molecule has 128 valence electrons. The number of anilines is 2. The number of benzene rings is 2. The predicted octanol–water partition coefficient (Wildman–Crippen LogP) is 3.60. The highest BCUT2D eigenvalue weighted by Crippen LogP contribution is 2.16. The van der Waals surface area contributed by atoms with Crippen LogP contribution in [0.1, 0.15) is 18.9 Å². The summed E-state index contributed by atoms with van der Waals surface area (Å²) in [6, 6.07) is 12.7. The molecular formula is C18H17N3O4. The largest absolute Gasteiger partial charge is 0.326 e. The smallest absolute Gasteiger partial charge is 0.269 e. The van der Waals surface area contributed by atoms with Crippen molar-refractivity contribution < 1.29 is 14.5 Å². The minimum Gasteiger partial charge on any atom is -0.326 e. The highest BCUT2D eigenvalue weighted by Gasteiger charge is 2.04. The lowest BCUT2D eigenvalue weighted by Crippen LogP contribution is -2.11. The molecule has 2 aromatic carbocycles. The molecule has 0 aliphatic rings. The van der Waals surface area contributed by atoms with E-state index in [0.717, 1.165) is 0 Å². The van der Waals surface area contributed by atoms with Gasteiger partial charge in [-0.15, -0.1) is 0 Å². The van der Waals surface area contributed by atoms with Gasteiger partial charge >= 0.3 is 0 Å². The second kappa shape index (κ2) is 8.39. The van der Waals surface area contributed by atoms with Gasteiger partial charge < -0.3 is 10.6 Å². The van der Waals surface area contributed by atoms with Crippen molar-refractivity contribution in [2.24, 2.45) is 0 Å². The van der Waals surface area contributed by atoms with Crippen molar-refractivity contribution in [2.45, 2.75) is 13.3 Å². The summed E-state index contributed by atoms with van der Waals surface area (Å²) < 4.78 is 0. The number of carbonyl (C=O) groups is 2. The van der Waals surface area contributed by atoms with Gasteiger partial charge in [-0.05, 0) is 42.0 Å². The van der Waals surface area contributed by atoms with E-state index < -0.39 is 4.92 Å². The van der Waals surface area contributed by atoms with Crippen LogP contribution in [0.25, 0.3) is 6.08 Å². The molecule has 0 fully saturated rings. The van der Waals surface area contributed by atoms with Gasteiger partial charge in [-0.1, -0.05) is 13.0 Å². The number of rotatable bonds is 6. The first-order chi connectivity index (χ1) is 12.0. The molecule has 0 radical (unpaired) electrons. The Kier molecular flexibility index (Phi) is 6.00. The molecule has 2 N–H and O–H groups in total. The van der Waals surface area contributed by atoms with Gasteiger partial charge in [0.2, 0.25) is 11.8 Å². The second-order valence-electron chi connectivity index (χ2n) is 5.15. The highest BCUT2D eigenvalue weighted by atomic mass is 16.6. The van der Waals surface area contributed by atoms with Crippen LogP contribution in [-0.4, -0.2) is 16.7 Å². The van der Waals surface area contributed by atoms with Gasteiger partial charge in [0.25, 0.3) is 5.69 Å². The SMILES string of the molecule is CCC(=O)Nc1cccc(NC(=O)/C=C/c2ccc([N+](=O)[O-])cc2)c1. The van der Waals surface area contributed by atoms with Crippen molar-refractivity contribution in [3.63, 3.8) is 0 Å². The van der Waals surface area contributed by atoms with Gasteiger partial charge in [-0.3, -0.25) is 19.7 Å². The molecular weight excluding hydrogens is 322 g/mol. The van der Waals surface area contributed by atoms with Crippen LogP contribution in [0.2, 0.25) is 0 Å². The van der Waals surface area contributed by atoms with Gasteiger partial charge in [0.1, 0.15) is 0 Å². The number of hydrogen-bond acceptors (Lipinski definition) is 4. The van der Waals surface area contributed by atoms with E-state index in [0.29, 0.717) is 23.4 Å². The van der Waals surface area contributed by atoms with Crippen molar-refractivity contribution in [1.29, 1.82) is 0 Å². The zero-order valence-electron chi connectivity index (χ0n) is 13.6. The molecule has 2 amide bonds. The Morgan fingerprint density at radius 1 is 1.08 bits per heavy atom. The number of nitrogens with one attached hydrogen (secondary N) is 2. The molecule has 2 rings (SSSR count). The van der Waals surface area contributed by atoms with Gasteiger partial charge in [-0.25, -0.2) is 0 Å². The number of hydrogen-bond donors (Lipinski definition) is 2. The molecule has 0 heterocycles. The molecule has 0 bridgehead atoms. The van der Waals surface area contributed by atoms with E-state index in [1.807, 2.05) is 0 Å². The maximum atomic E-state index is 12.0. The zero-order valence-corrected chi connectivity index (χ0v) is 13.6. The van der Waals surface area contributed by atoms with Crippen LogP contribution >= 0.6 is 0 Å². The average molecular weight is 339 g/mol. The lowest BCUT2D eigenvalue weighted by molar-refractivity contribution is -0.384. The Hall–Kier alpha value is -3.48. The fraction of sp³-hybridized carbons (Fsp3) is 0.111. The summed E-state index contributed by atoms with van der Waals surface area (Å²) in [5.74, 6) is -0.459. The quantitative estimate of drug-likeness (QED) is 0.477. The molecule has 0 aliphatic carbocycles. The van der Waals surface area contributed by atoms with Crippen LogP contribution in [-0.2, 0) is 9.59 Å². The molecule has 0 aromatic heterocycles. The normalized spacial score (nSPS) is 10.4. The summed E-state index contributed by atoms with van der Waals surface area (Å²) in [5, 5.41) is 16.0. The van der Waals surface area contributed by atoms with E-state index in [1.54, 1.807) is 49.4 Å². The Morgan fingerprint density at radius 2 is 1.72 bits per heavy atom. The number of non-ortho nitro benzene ring substituents is 1. The van der Waals surface area contributed by atoms with E-state index in [2.05, 4.69) is 10.6 Å². The third-order valence-electron chi connectivity index (χ3n) is 3.27. The summed E-state index contributed by atoms with van der Waals surface area (Å²) in [6.07, 6.45) is 3.26. The second-order valence-corrected chi connectivity index (χ2v) is 5.15. The van der Waals surface area contributed by atoms with E-state index >= 15 is 0 Å². The number of nitrogens with zero attached hydrogens (tertiary/aromatic N) is 1. The van der Waals surface area contributed by atoms with Crippen LogP contribution in [0.5, 0.6) is 0 Å². The Morgan fingerprint density at radius 3 is 2.32 bits per heavy atom. The monoisotopic (exact) mass is 339 g/mol. The first-order valence-corrected chi connectivity index (χ1v) is 7.61. The summed E-state index contributed by atoms with van der Waals surface area (Å²) in [6.45, 7) is 1.75. The molecule has 7 heteroatoms. The maximum absolute atomic E-state index is 12.0. The molecule has 0 atom stereocenters. The van der Waals surface area contributed by atoms with Crippen molar-refractivity contribution in [3.8, 4) is 0 Å². The van der Waals surface area contributed by atoms with Crippen LogP contribution in [0.15, 0.2) is 54.6 Å². The van der Waals surface area contributed by atoms with E-state index in [4.69, 9.17) is 0 Å². The van der Waals surface area contributed by atoms with Crippen molar-refractivity contribution in [2.75, 3.05) is 10.6 Å². The number of amides is 2. The summed E-state index contributed by atoms with van der Waals surface area (Å²) in [5.41, 5.74) is 1.81. The van der Waals surface area contributed by atoms with E-state index in [-0.39, 0.29) is 17.5 Å². The van der Waals surface area contributed by atoms with Crippen molar-refractivity contribution >= 4 is 35.0 Å². The lowest BCUT2D eigenvalue weighted by atomic mass is 10.2. The number of nitro groups is 1. The summed E-state index contributed by atoms with van der Waals surface area (Å²) in [4.78, 5) is 33.5. The molecule has 0 saturated heterocycles. The van der Waals surface area contributed by atoms with Crippen LogP contribution in [0.3, 0.4) is 0 Å². The summed E-state index contributed by atoms with van der Waals surface area (Å²) >= 11 is 0.